The summed E-state index contributed by atoms with van der Waals surface area (Å²) in [6.07, 6.45) is 10.6. The molecule has 112 valence electrons. The van der Waals surface area contributed by atoms with Gasteiger partial charge in [0.25, 0.3) is 5.01 Å². The Balaban J connectivity index is 2.01. The van der Waals surface area contributed by atoms with Crippen LogP contribution in [0.4, 0.5) is 0 Å². The summed E-state index contributed by atoms with van der Waals surface area (Å²) in [4.78, 5) is 4.99. The van der Waals surface area contributed by atoms with Gasteiger partial charge in [0.2, 0.25) is 0 Å². The summed E-state index contributed by atoms with van der Waals surface area (Å²) in [6.45, 7) is 8.66. The lowest BCUT2D eigenvalue weighted by Gasteiger charge is -2.13. The Kier molecular flexibility index (Phi) is 5.12. The first-order chi connectivity index (χ1) is 9.91. The molecule has 21 heavy (non-hydrogen) atoms. The second-order valence-electron chi connectivity index (χ2n) is 5.19. The van der Waals surface area contributed by atoms with E-state index in [4.69, 9.17) is 0 Å². The zero-order valence-electron chi connectivity index (χ0n) is 13.6. The molecule has 0 bridgehead atoms. The van der Waals surface area contributed by atoms with Gasteiger partial charge in [-0.15, -0.1) is 0 Å². The molecule has 0 spiro atoms. The van der Waals surface area contributed by atoms with Crippen LogP contribution in [0.1, 0.15) is 29.4 Å². The molecule has 0 atom stereocenters. The van der Waals surface area contributed by atoms with Crippen molar-refractivity contribution >= 4 is 29.2 Å². The lowest BCUT2D eigenvalue weighted by atomic mass is 10.4. The van der Waals surface area contributed by atoms with Crippen LogP contribution in [0.25, 0.3) is 6.08 Å². The average molecular weight is 320 g/mol. The summed E-state index contributed by atoms with van der Waals surface area (Å²) in [6, 6.07) is 0. The van der Waals surface area contributed by atoms with E-state index in [9.17, 15) is 0 Å². The maximum Gasteiger partial charge on any atom is 0.261 e. The zero-order chi connectivity index (χ0) is 15.6. The van der Waals surface area contributed by atoms with Crippen LogP contribution in [0, 0.1) is 13.8 Å². The van der Waals surface area contributed by atoms with Crippen molar-refractivity contribution in [1.82, 2.24) is 4.90 Å². The topological polar surface area (TPSA) is 7.12 Å². The maximum atomic E-state index is 2.24. The van der Waals surface area contributed by atoms with Crippen LogP contribution >= 0.6 is 23.1 Å². The third kappa shape index (κ3) is 3.50. The van der Waals surface area contributed by atoms with Crippen LogP contribution in [0.2, 0.25) is 0 Å². The number of thiazole rings is 1. The van der Waals surface area contributed by atoms with Crippen molar-refractivity contribution in [1.29, 1.82) is 0 Å². The quantitative estimate of drug-likeness (QED) is 0.597. The van der Waals surface area contributed by atoms with E-state index in [-0.39, 0.29) is 0 Å². The highest BCUT2D eigenvalue weighted by Crippen LogP contribution is 2.39. The van der Waals surface area contributed by atoms with Crippen molar-refractivity contribution in [3.05, 3.63) is 55.5 Å². The lowest BCUT2D eigenvalue weighted by Crippen LogP contribution is -2.31. The minimum absolute atomic E-state index is 1.28. The Morgan fingerprint density at radius 1 is 1.05 bits per heavy atom. The Hall–Kier alpha value is -1.26. The van der Waals surface area contributed by atoms with Crippen LogP contribution in [0.3, 0.4) is 0 Å². The van der Waals surface area contributed by atoms with E-state index in [2.05, 4.69) is 81.6 Å². The Morgan fingerprint density at radius 2 is 1.76 bits per heavy atom. The molecule has 1 aromatic rings. The molecular weight excluding hydrogens is 296 g/mol. The fourth-order valence-electron chi connectivity index (χ4n) is 2.03. The van der Waals surface area contributed by atoms with Gasteiger partial charge >= 0.3 is 0 Å². The number of thioether (sulfide) groups is 1. The van der Waals surface area contributed by atoms with E-state index in [0.29, 0.717) is 0 Å². The van der Waals surface area contributed by atoms with Crippen molar-refractivity contribution in [2.45, 2.75) is 27.7 Å². The van der Waals surface area contributed by atoms with Crippen LogP contribution in [0.15, 0.2) is 39.9 Å². The van der Waals surface area contributed by atoms with Gasteiger partial charge in [0.05, 0.1) is 9.91 Å². The zero-order valence-corrected chi connectivity index (χ0v) is 15.2. The predicted octanol–water partition coefficient (Wildman–Crippen LogP) is 4.53. The third-order valence-electron chi connectivity index (χ3n) is 3.90. The lowest BCUT2D eigenvalue weighted by molar-refractivity contribution is -0.674. The molecule has 1 aliphatic heterocycles. The number of allylic oxidation sites excluding steroid dienone is 6. The second-order valence-corrected chi connectivity index (χ2v) is 7.66. The number of hydrogen-bond acceptors (Lipinski definition) is 3. The molecule has 0 saturated carbocycles. The van der Waals surface area contributed by atoms with E-state index >= 15 is 0 Å². The SMILES string of the molecule is CC1=C(C)N(C)/C(=C/C=C/C=C/c2sc(C)c(C)[n+]2C)S1. The van der Waals surface area contributed by atoms with Crippen LogP contribution in [-0.4, -0.2) is 11.9 Å². The van der Waals surface area contributed by atoms with Gasteiger partial charge in [-0.05, 0) is 26.8 Å². The summed E-state index contributed by atoms with van der Waals surface area (Å²) >= 11 is 3.67. The Morgan fingerprint density at radius 3 is 2.29 bits per heavy atom. The number of hydrogen-bond donors (Lipinski definition) is 0. The summed E-state index contributed by atoms with van der Waals surface area (Å²) in [7, 11) is 4.23. The first kappa shape index (κ1) is 16.1. The monoisotopic (exact) mass is 319 g/mol. The van der Waals surface area contributed by atoms with E-state index in [0.717, 1.165) is 0 Å². The first-order valence-corrected chi connectivity index (χ1v) is 8.65. The third-order valence-corrected chi connectivity index (χ3v) is 6.34. The summed E-state index contributed by atoms with van der Waals surface area (Å²) in [5, 5.41) is 2.56. The second kappa shape index (κ2) is 6.67. The van der Waals surface area contributed by atoms with Crippen molar-refractivity contribution in [3.8, 4) is 0 Å². The number of rotatable bonds is 3. The largest absolute Gasteiger partial charge is 0.342 e. The molecule has 4 heteroatoms. The summed E-state index contributed by atoms with van der Waals surface area (Å²) < 4.78 is 2.24. The van der Waals surface area contributed by atoms with E-state index in [1.807, 2.05) is 23.1 Å². The van der Waals surface area contributed by atoms with Crippen LogP contribution < -0.4 is 4.57 Å². The molecule has 0 amide bonds. The highest BCUT2D eigenvalue weighted by Gasteiger charge is 2.17. The molecule has 1 aliphatic rings. The van der Waals surface area contributed by atoms with Gasteiger partial charge in [0.1, 0.15) is 7.05 Å². The molecule has 0 N–H and O–H groups in total. The van der Waals surface area contributed by atoms with Gasteiger partial charge in [-0.1, -0.05) is 41.3 Å². The predicted molar refractivity (Wildman–Crippen MR) is 95.0 cm³/mol. The molecule has 2 nitrogen and oxygen atoms in total. The van der Waals surface area contributed by atoms with E-state index in [1.54, 1.807) is 0 Å². The molecule has 0 aliphatic carbocycles. The first-order valence-electron chi connectivity index (χ1n) is 7.02. The minimum Gasteiger partial charge on any atom is -0.342 e. The van der Waals surface area contributed by atoms with Gasteiger partial charge in [-0.3, -0.25) is 0 Å². The fraction of sp³-hybridized carbons (Fsp3) is 0.353. The number of aryl methyl sites for hydroxylation is 1. The minimum atomic E-state index is 1.28. The van der Waals surface area contributed by atoms with Crippen LogP contribution in [-0.2, 0) is 7.05 Å². The van der Waals surface area contributed by atoms with E-state index < -0.39 is 0 Å². The Bertz CT molecular complexity index is 661. The molecule has 0 radical (unpaired) electrons. The average Bonchev–Trinajstić information content (AvgIpc) is 2.84. The van der Waals surface area contributed by atoms with Crippen molar-refractivity contribution in [3.63, 3.8) is 0 Å². The molecular formula is C17H23N2S2+. The Labute approximate surface area is 136 Å². The van der Waals surface area contributed by atoms with Crippen LogP contribution in [0.5, 0.6) is 0 Å². The van der Waals surface area contributed by atoms with Crippen molar-refractivity contribution < 1.29 is 4.57 Å². The standard InChI is InChI=1S/C17H23N2S2/c1-12-14(3)20-16(18(12)5)10-8-7-9-11-17-19(6)13(2)15(4)21-17/h7-11H,1-6H3/q+1. The van der Waals surface area contributed by atoms with Gasteiger partial charge in [0.15, 0.2) is 5.69 Å². The van der Waals surface area contributed by atoms with Crippen molar-refractivity contribution in [2.75, 3.05) is 7.05 Å². The van der Waals surface area contributed by atoms with Gasteiger partial charge < -0.3 is 4.90 Å². The molecule has 1 aromatic heterocycles. The number of nitrogens with zero attached hydrogens (tertiary/aromatic N) is 2. The van der Waals surface area contributed by atoms with Gasteiger partial charge in [-0.2, -0.15) is 4.57 Å². The maximum absolute atomic E-state index is 2.24. The van der Waals surface area contributed by atoms with Gasteiger partial charge in [0, 0.05) is 30.6 Å². The summed E-state index contributed by atoms with van der Waals surface area (Å²) in [5.41, 5.74) is 2.68. The molecule has 0 aromatic carbocycles. The molecule has 0 unspecified atom stereocenters. The highest BCUT2D eigenvalue weighted by molar-refractivity contribution is 8.06. The normalized spacial score (nSPS) is 18.2. The number of aromatic nitrogens is 1. The van der Waals surface area contributed by atoms with Crippen molar-refractivity contribution in [2.24, 2.45) is 7.05 Å². The van der Waals surface area contributed by atoms with Gasteiger partial charge in [-0.25, -0.2) is 0 Å². The highest BCUT2D eigenvalue weighted by atomic mass is 32.2. The van der Waals surface area contributed by atoms with E-state index in [1.165, 1.54) is 31.2 Å². The fourth-order valence-corrected chi connectivity index (χ4v) is 4.07. The molecule has 0 saturated heterocycles. The molecule has 0 fully saturated rings. The summed E-state index contributed by atoms with van der Waals surface area (Å²) in [5.74, 6) is 0. The molecule has 2 heterocycles. The smallest absolute Gasteiger partial charge is 0.261 e. The molecule has 2 rings (SSSR count).